The summed E-state index contributed by atoms with van der Waals surface area (Å²) in [5, 5.41) is 10.8. The molecule has 2 heterocycles. The maximum Gasteiger partial charge on any atom is 0.323 e. The average molecular weight is 338 g/mol. The van der Waals surface area contributed by atoms with Crippen LogP contribution in [0.15, 0.2) is 17.5 Å². The Labute approximate surface area is 139 Å². The van der Waals surface area contributed by atoms with Crippen molar-refractivity contribution in [2.75, 3.05) is 19.6 Å². The van der Waals surface area contributed by atoms with Gasteiger partial charge in [-0.25, -0.2) is 0 Å². The van der Waals surface area contributed by atoms with Crippen molar-refractivity contribution in [1.29, 1.82) is 0 Å². The Hall–Kier alpha value is -1.89. The number of hydrogen-bond acceptors (Lipinski definition) is 4. The number of aliphatic carboxylic acids is 1. The van der Waals surface area contributed by atoms with Gasteiger partial charge in [-0.05, 0) is 37.1 Å². The largest absolute Gasteiger partial charge is 0.480 e. The van der Waals surface area contributed by atoms with Crippen LogP contribution in [0.2, 0.25) is 0 Å². The second-order valence-electron chi connectivity index (χ2n) is 5.64. The smallest absolute Gasteiger partial charge is 0.323 e. The summed E-state index contributed by atoms with van der Waals surface area (Å²) in [6.07, 6.45) is 3.02. The van der Waals surface area contributed by atoms with E-state index >= 15 is 0 Å². The van der Waals surface area contributed by atoms with E-state index in [0.29, 0.717) is 30.8 Å². The van der Waals surface area contributed by atoms with E-state index in [0.717, 1.165) is 12.8 Å². The molecule has 1 saturated heterocycles. The molecular formula is C16H22N2O4S. The van der Waals surface area contributed by atoms with Gasteiger partial charge in [0.05, 0.1) is 4.88 Å². The summed E-state index contributed by atoms with van der Waals surface area (Å²) in [6, 6.07) is 3.01. The molecule has 1 unspecified atom stereocenters. The van der Waals surface area contributed by atoms with E-state index in [1.54, 1.807) is 11.0 Å². The van der Waals surface area contributed by atoms with Gasteiger partial charge in [0.25, 0.3) is 5.91 Å². The maximum absolute atomic E-state index is 12.8. The van der Waals surface area contributed by atoms with Crippen LogP contribution in [-0.2, 0) is 9.59 Å². The summed E-state index contributed by atoms with van der Waals surface area (Å²) >= 11 is 1.36. The fourth-order valence-electron chi connectivity index (χ4n) is 2.88. The first-order valence-corrected chi connectivity index (χ1v) is 8.77. The molecule has 7 heteroatoms. The number of carboxylic acid groups (broad SMARTS) is 1. The number of hydrogen-bond donors (Lipinski definition) is 1. The normalized spacial score (nSPS) is 17.8. The van der Waals surface area contributed by atoms with E-state index in [1.165, 1.54) is 16.2 Å². The summed E-state index contributed by atoms with van der Waals surface area (Å²) < 4.78 is 0. The Morgan fingerprint density at radius 2 is 2.17 bits per heavy atom. The number of carbonyl (C=O) groups excluding carboxylic acids is 2. The molecule has 2 rings (SSSR count). The lowest BCUT2D eigenvalue weighted by Crippen LogP contribution is -2.54. The minimum Gasteiger partial charge on any atom is -0.480 e. The second kappa shape index (κ2) is 8.10. The molecule has 1 N–H and O–H groups in total. The predicted octanol–water partition coefficient (Wildman–Crippen LogP) is 2.07. The highest BCUT2D eigenvalue weighted by molar-refractivity contribution is 7.12. The molecule has 1 fully saturated rings. The van der Waals surface area contributed by atoms with Gasteiger partial charge in [-0.2, -0.15) is 0 Å². The first-order valence-electron chi connectivity index (χ1n) is 7.89. The topological polar surface area (TPSA) is 77.9 Å². The number of rotatable bonds is 6. The predicted molar refractivity (Wildman–Crippen MR) is 87.5 cm³/mol. The molecule has 0 aliphatic carbocycles. The van der Waals surface area contributed by atoms with E-state index in [4.69, 9.17) is 5.11 Å². The Balaban J connectivity index is 2.17. The number of nitrogens with zero attached hydrogens (tertiary/aromatic N) is 2. The molecule has 1 aromatic heterocycles. The van der Waals surface area contributed by atoms with Crippen molar-refractivity contribution < 1.29 is 19.5 Å². The van der Waals surface area contributed by atoms with Gasteiger partial charge in [0.1, 0.15) is 12.6 Å². The van der Waals surface area contributed by atoms with Crippen LogP contribution in [0.4, 0.5) is 0 Å². The van der Waals surface area contributed by atoms with Gasteiger partial charge < -0.3 is 14.9 Å². The number of thiophene rings is 1. The van der Waals surface area contributed by atoms with E-state index in [9.17, 15) is 14.4 Å². The lowest BCUT2D eigenvalue weighted by Gasteiger charge is -2.37. The molecule has 126 valence electrons. The summed E-state index contributed by atoms with van der Waals surface area (Å²) in [6.45, 7) is 2.52. The molecule has 23 heavy (non-hydrogen) atoms. The number of carboxylic acids is 1. The Morgan fingerprint density at radius 1 is 1.39 bits per heavy atom. The first-order chi connectivity index (χ1) is 11.0. The fourth-order valence-corrected chi connectivity index (χ4v) is 3.56. The van der Waals surface area contributed by atoms with Gasteiger partial charge in [0.2, 0.25) is 5.91 Å². The summed E-state index contributed by atoms with van der Waals surface area (Å²) in [7, 11) is 0. The zero-order chi connectivity index (χ0) is 16.8. The van der Waals surface area contributed by atoms with Crippen molar-refractivity contribution in [3.05, 3.63) is 22.4 Å². The van der Waals surface area contributed by atoms with Crippen molar-refractivity contribution >= 4 is 29.1 Å². The van der Waals surface area contributed by atoms with Crippen LogP contribution in [0.25, 0.3) is 0 Å². The Bertz CT molecular complexity index is 558. The summed E-state index contributed by atoms with van der Waals surface area (Å²) in [5.41, 5.74) is 0. The molecule has 6 nitrogen and oxygen atoms in total. The standard InChI is InChI=1S/C16H22N2O4S/c1-2-8-17(11-14(19)20)15(21)12-6-3-4-9-18(12)16(22)13-7-5-10-23-13/h5,7,10,12H,2-4,6,8-9,11H2,1H3,(H,19,20). The van der Waals surface area contributed by atoms with E-state index in [1.807, 2.05) is 18.4 Å². The molecule has 0 radical (unpaired) electrons. The highest BCUT2D eigenvalue weighted by Gasteiger charge is 2.35. The van der Waals surface area contributed by atoms with Crippen LogP contribution < -0.4 is 0 Å². The lowest BCUT2D eigenvalue weighted by atomic mass is 10.00. The maximum atomic E-state index is 12.8. The van der Waals surface area contributed by atoms with Crippen molar-refractivity contribution in [3.63, 3.8) is 0 Å². The van der Waals surface area contributed by atoms with Gasteiger partial charge in [-0.15, -0.1) is 11.3 Å². The number of likely N-dealkylation sites (tertiary alicyclic amines) is 1. The third-order valence-corrected chi connectivity index (χ3v) is 4.77. The van der Waals surface area contributed by atoms with E-state index in [2.05, 4.69) is 0 Å². The molecule has 0 bridgehead atoms. The first kappa shape index (κ1) is 17.5. The summed E-state index contributed by atoms with van der Waals surface area (Å²) in [5.74, 6) is -1.41. The number of amides is 2. The molecule has 1 atom stereocenters. The van der Waals surface area contributed by atoms with E-state index < -0.39 is 12.0 Å². The number of piperidine rings is 1. The van der Waals surface area contributed by atoms with Gasteiger partial charge in [0, 0.05) is 13.1 Å². The highest BCUT2D eigenvalue weighted by Crippen LogP contribution is 2.23. The molecular weight excluding hydrogens is 316 g/mol. The highest BCUT2D eigenvalue weighted by atomic mass is 32.1. The van der Waals surface area contributed by atoms with Crippen LogP contribution in [0, 0.1) is 0 Å². The molecule has 1 aliphatic rings. The third-order valence-electron chi connectivity index (χ3n) is 3.91. The monoisotopic (exact) mass is 338 g/mol. The van der Waals surface area contributed by atoms with Crippen LogP contribution in [0.5, 0.6) is 0 Å². The van der Waals surface area contributed by atoms with E-state index in [-0.39, 0.29) is 18.4 Å². The Morgan fingerprint density at radius 3 is 2.78 bits per heavy atom. The molecule has 0 saturated carbocycles. The number of carbonyl (C=O) groups is 3. The molecule has 1 aromatic rings. The second-order valence-corrected chi connectivity index (χ2v) is 6.59. The van der Waals surface area contributed by atoms with Gasteiger partial charge in [0.15, 0.2) is 0 Å². The van der Waals surface area contributed by atoms with Crippen LogP contribution in [0.3, 0.4) is 0 Å². The SMILES string of the molecule is CCCN(CC(=O)O)C(=O)C1CCCCN1C(=O)c1cccs1. The fraction of sp³-hybridized carbons (Fsp3) is 0.562. The molecule has 2 amide bonds. The molecule has 0 aromatic carbocycles. The summed E-state index contributed by atoms with van der Waals surface area (Å²) in [4.78, 5) is 40.0. The zero-order valence-electron chi connectivity index (χ0n) is 13.2. The van der Waals surface area contributed by atoms with Crippen molar-refractivity contribution in [2.45, 2.75) is 38.6 Å². The van der Waals surface area contributed by atoms with Crippen molar-refractivity contribution in [1.82, 2.24) is 9.80 Å². The average Bonchev–Trinajstić information content (AvgIpc) is 3.07. The zero-order valence-corrected chi connectivity index (χ0v) is 14.1. The minimum atomic E-state index is -1.03. The van der Waals surface area contributed by atoms with Crippen LogP contribution >= 0.6 is 11.3 Å². The van der Waals surface area contributed by atoms with Crippen molar-refractivity contribution in [2.24, 2.45) is 0 Å². The minimum absolute atomic E-state index is 0.134. The van der Waals surface area contributed by atoms with Crippen molar-refractivity contribution in [3.8, 4) is 0 Å². The Kier molecular flexibility index (Phi) is 6.15. The van der Waals surface area contributed by atoms with Gasteiger partial charge in [-0.1, -0.05) is 13.0 Å². The lowest BCUT2D eigenvalue weighted by molar-refractivity contribution is -0.147. The van der Waals surface area contributed by atoms with Crippen LogP contribution in [-0.4, -0.2) is 58.4 Å². The third kappa shape index (κ3) is 4.31. The van der Waals surface area contributed by atoms with Crippen LogP contribution in [0.1, 0.15) is 42.3 Å². The molecule has 0 spiro atoms. The van der Waals surface area contributed by atoms with Gasteiger partial charge >= 0.3 is 5.97 Å². The van der Waals surface area contributed by atoms with Gasteiger partial charge in [-0.3, -0.25) is 14.4 Å². The molecule has 1 aliphatic heterocycles. The quantitative estimate of drug-likeness (QED) is 0.861.